The van der Waals surface area contributed by atoms with Crippen molar-refractivity contribution in [3.63, 3.8) is 0 Å². The van der Waals surface area contributed by atoms with Crippen molar-refractivity contribution in [1.82, 2.24) is 5.32 Å². The average Bonchev–Trinajstić information content (AvgIpc) is 3.18. The first-order valence-electron chi connectivity index (χ1n) is 7.95. The summed E-state index contributed by atoms with van der Waals surface area (Å²) in [5, 5.41) is 3.49. The molecule has 0 amide bonds. The Morgan fingerprint density at radius 3 is 2.59 bits per heavy atom. The van der Waals surface area contributed by atoms with Crippen LogP contribution in [0.1, 0.15) is 65.2 Å². The van der Waals surface area contributed by atoms with Crippen molar-refractivity contribution in [2.75, 3.05) is 6.54 Å². The van der Waals surface area contributed by atoms with Gasteiger partial charge in [0.15, 0.2) is 0 Å². The Morgan fingerprint density at radius 1 is 1.24 bits per heavy atom. The maximum absolute atomic E-state index is 3.49. The third-order valence-electron chi connectivity index (χ3n) is 5.69. The molecular formula is C16H29N. The second kappa shape index (κ2) is 4.57. The van der Waals surface area contributed by atoms with Gasteiger partial charge in [-0.2, -0.15) is 0 Å². The number of hydrogen-bond acceptors (Lipinski definition) is 1. The fourth-order valence-corrected chi connectivity index (χ4v) is 4.59. The summed E-state index contributed by atoms with van der Waals surface area (Å²) in [4.78, 5) is 0. The quantitative estimate of drug-likeness (QED) is 0.715. The summed E-state index contributed by atoms with van der Waals surface area (Å²) in [6, 6.07) is 0.892. The molecule has 1 heteroatoms. The Bertz CT molecular complexity index is 267. The third kappa shape index (κ3) is 2.70. The largest absolute Gasteiger partial charge is 0.311 e. The molecule has 1 N–H and O–H groups in total. The van der Waals surface area contributed by atoms with E-state index in [1.807, 2.05) is 0 Å². The van der Waals surface area contributed by atoms with Crippen LogP contribution in [0.2, 0.25) is 0 Å². The lowest BCUT2D eigenvalue weighted by atomic mass is 9.61. The molecule has 2 saturated carbocycles. The number of rotatable bonds is 5. The van der Waals surface area contributed by atoms with Gasteiger partial charge in [0, 0.05) is 12.6 Å². The molecular weight excluding hydrogens is 206 g/mol. The van der Waals surface area contributed by atoms with Crippen molar-refractivity contribution in [2.45, 2.75) is 71.3 Å². The van der Waals surface area contributed by atoms with Crippen LogP contribution < -0.4 is 5.32 Å². The molecule has 4 atom stereocenters. The Balaban J connectivity index is 1.67. The molecule has 3 fully saturated rings. The van der Waals surface area contributed by atoms with Crippen LogP contribution in [0.15, 0.2) is 0 Å². The minimum atomic E-state index is 0.766. The van der Waals surface area contributed by atoms with Gasteiger partial charge in [0.1, 0.15) is 0 Å². The van der Waals surface area contributed by atoms with Gasteiger partial charge in [-0.1, -0.05) is 20.3 Å². The van der Waals surface area contributed by atoms with E-state index < -0.39 is 0 Å². The Hall–Kier alpha value is -0.0400. The minimum absolute atomic E-state index is 0.766. The predicted octanol–water partition coefficient (Wildman–Crippen LogP) is 3.98. The van der Waals surface area contributed by atoms with Gasteiger partial charge in [0.25, 0.3) is 0 Å². The second-order valence-corrected chi connectivity index (χ2v) is 7.30. The fourth-order valence-electron chi connectivity index (χ4n) is 4.59. The Morgan fingerprint density at radius 2 is 2.00 bits per heavy atom. The zero-order chi connectivity index (χ0) is 11.9. The van der Waals surface area contributed by atoms with E-state index in [2.05, 4.69) is 19.2 Å². The van der Waals surface area contributed by atoms with E-state index in [4.69, 9.17) is 0 Å². The fraction of sp³-hybridized carbons (Fsp3) is 1.00. The second-order valence-electron chi connectivity index (χ2n) is 7.30. The van der Waals surface area contributed by atoms with Gasteiger partial charge in [-0.05, 0) is 68.1 Å². The zero-order valence-electron chi connectivity index (χ0n) is 11.7. The first kappa shape index (κ1) is 12.0. The van der Waals surface area contributed by atoms with Crippen LogP contribution in [0.3, 0.4) is 0 Å². The van der Waals surface area contributed by atoms with E-state index in [0.717, 1.165) is 29.2 Å². The van der Waals surface area contributed by atoms with E-state index >= 15 is 0 Å². The molecule has 1 nitrogen and oxygen atoms in total. The van der Waals surface area contributed by atoms with E-state index in [-0.39, 0.29) is 0 Å². The normalized spacial score (nSPS) is 45.9. The predicted molar refractivity (Wildman–Crippen MR) is 73.0 cm³/mol. The van der Waals surface area contributed by atoms with Crippen LogP contribution in [-0.2, 0) is 0 Å². The lowest BCUT2D eigenvalue weighted by Crippen LogP contribution is -2.34. The van der Waals surface area contributed by atoms with Crippen molar-refractivity contribution >= 4 is 0 Å². The first-order chi connectivity index (χ1) is 8.22. The summed E-state index contributed by atoms with van der Waals surface area (Å²) >= 11 is 0. The van der Waals surface area contributed by atoms with Gasteiger partial charge < -0.3 is 5.32 Å². The number of hydrogen-bond donors (Lipinski definition) is 1. The maximum atomic E-state index is 3.49. The molecule has 4 unspecified atom stereocenters. The molecule has 2 aliphatic carbocycles. The van der Waals surface area contributed by atoms with E-state index in [1.54, 1.807) is 25.7 Å². The molecule has 1 heterocycles. The average molecular weight is 235 g/mol. The lowest BCUT2D eigenvalue weighted by Gasteiger charge is -2.44. The molecule has 0 spiro atoms. The van der Waals surface area contributed by atoms with Crippen LogP contribution in [0, 0.1) is 23.2 Å². The molecule has 0 radical (unpaired) electrons. The zero-order valence-corrected chi connectivity index (χ0v) is 11.7. The summed E-state index contributed by atoms with van der Waals surface area (Å²) in [6.45, 7) is 6.21. The highest BCUT2D eigenvalue weighted by Crippen LogP contribution is 2.59. The first-order valence-corrected chi connectivity index (χ1v) is 7.95. The van der Waals surface area contributed by atoms with E-state index in [1.165, 1.54) is 32.2 Å². The Labute approximate surface area is 107 Å². The summed E-state index contributed by atoms with van der Waals surface area (Å²) in [7, 11) is 0. The molecule has 3 aliphatic rings. The standard InChI is InChI=1S/C16H29N/c1-3-13-8-12(2)9-16(10-13,14-4-5-14)7-6-15-11-17-15/h12-15,17H,3-11H2,1-2H3. The maximum Gasteiger partial charge on any atom is 0.0193 e. The van der Waals surface area contributed by atoms with Gasteiger partial charge >= 0.3 is 0 Å². The van der Waals surface area contributed by atoms with E-state index in [0.29, 0.717) is 0 Å². The Kier molecular flexibility index (Phi) is 3.23. The summed E-state index contributed by atoms with van der Waals surface area (Å²) in [5.74, 6) is 3.13. The highest BCUT2D eigenvalue weighted by molar-refractivity contribution is 5.00. The molecule has 0 aromatic heterocycles. The topological polar surface area (TPSA) is 21.9 Å². The van der Waals surface area contributed by atoms with Crippen molar-refractivity contribution in [1.29, 1.82) is 0 Å². The minimum Gasteiger partial charge on any atom is -0.311 e. The molecule has 0 aromatic rings. The highest BCUT2D eigenvalue weighted by atomic mass is 15.1. The molecule has 1 saturated heterocycles. The summed E-state index contributed by atoms with van der Waals surface area (Å²) in [5.41, 5.74) is 0.766. The summed E-state index contributed by atoms with van der Waals surface area (Å²) in [6.07, 6.45) is 12.1. The third-order valence-corrected chi connectivity index (χ3v) is 5.69. The van der Waals surface area contributed by atoms with Crippen LogP contribution >= 0.6 is 0 Å². The van der Waals surface area contributed by atoms with Crippen molar-refractivity contribution < 1.29 is 0 Å². The molecule has 98 valence electrons. The van der Waals surface area contributed by atoms with Crippen molar-refractivity contribution in [3.05, 3.63) is 0 Å². The van der Waals surface area contributed by atoms with Crippen LogP contribution in [-0.4, -0.2) is 12.6 Å². The summed E-state index contributed by atoms with van der Waals surface area (Å²) < 4.78 is 0. The molecule has 17 heavy (non-hydrogen) atoms. The van der Waals surface area contributed by atoms with Crippen molar-refractivity contribution in [3.8, 4) is 0 Å². The molecule has 1 aliphatic heterocycles. The van der Waals surface area contributed by atoms with Gasteiger partial charge in [-0.3, -0.25) is 0 Å². The van der Waals surface area contributed by atoms with Gasteiger partial charge in [-0.15, -0.1) is 0 Å². The van der Waals surface area contributed by atoms with E-state index in [9.17, 15) is 0 Å². The number of nitrogens with one attached hydrogen (secondary N) is 1. The monoisotopic (exact) mass is 235 g/mol. The van der Waals surface area contributed by atoms with Gasteiger partial charge in [-0.25, -0.2) is 0 Å². The van der Waals surface area contributed by atoms with Crippen LogP contribution in [0.5, 0.6) is 0 Å². The highest BCUT2D eigenvalue weighted by Gasteiger charge is 2.48. The van der Waals surface area contributed by atoms with Gasteiger partial charge in [0.05, 0.1) is 0 Å². The molecule has 0 aromatic carbocycles. The van der Waals surface area contributed by atoms with Crippen LogP contribution in [0.25, 0.3) is 0 Å². The molecule has 3 rings (SSSR count). The molecule has 0 bridgehead atoms. The van der Waals surface area contributed by atoms with Crippen molar-refractivity contribution in [2.24, 2.45) is 23.2 Å². The van der Waals surface area contributed by atoms with Crippen LogP contribution in [0.4, 0.5) is 0 Å². The SMILES string of the molecule is CCC1CC(C)CC(CCC2CN2)(C2CC2)C1. The smallest absolute Gasteiger partial charge is 0.0193 e. The van der Waals surface area contributed by atoms with Gasteiger partial charge in [0.2, 0.25) is 0 Å². The lowest BCUT2D eigenvalue weighted by molar-refractivity contribution is 0.0603.